The number of likely N-dealkylation sites (N-methyl/N-ethyl adjacent to an activating group) is 1. The number of nitrogen functional groups attached to an aromatic ring is 1. The number of hydrogen-bond donors (Lipinski definition) is 2. The number of nitrogens with zero attached hydrogens (tertiary/aromatic N) is 2. The molecule has 0 aliphatic heterocycles. The summed E-state index contributed by atoms with van der Waals surface area (Å²) in [6, 6.07) is 16.7. The number of para-hydroxylation sites is 1. The monoisotopic (exact) mass is 267 g/mol. The van der Waals surface area contributed by atoms with Crippen LogP contribution in [0, 0.1) is 11.3 Å². The topological polar surface area (TPSA) is 73.3 Å². The van der Waals surface area contributed by atoms with Gasteiger partial charge in [-0.15, -0.1) is 0 Å². The second-order valence-corrected chi connectivity index (χ2v) is 4.70. The molecule has 0 bridgehead atoms. The Bertz CT molecular complexity index is 634. The minimum atomic E-state index is -0.657. The third kappa shape index (κ3) is 3.08. The highest BCUT2D eigenvalue weighted by Gasteiger charge is 2.13. The number of aliphatic hydroxyl groups excluding tert-OH is 1. The van der Waals surface area contributed by atoms with Gasteiger partial charge in [-0.3, -0.25) is 0 Å². The highest BCUT2D eigenvalue weighted by molar-refractivity contribution is 5.58. The van der Waals surface area contributed by atoms with Gasteiger partial charge in [-0.05, 0) is 29.8 Å². The zero-order valence-corrected chi connectivity index (χ0v) is 11.3. The van der Waals surface area contributed by atoms with Crippen LogP contribution < -0.4 is 10.6 Å². The van der Waals surface area contributed by atoms with E-state index < -0.39 is 6.10 Å². The van der Waals surface area contributed by atoms with E-state index in [1.807, 2.05) is 42.3 Å². The van der Waals surface area contributed by atoms with Crippen molar-refractivity contribution >= 4 is 11.4 Å². The summed E-state index contributed by atoms with van der Waals surface area (Å²) in [6.07, 6.45) is -0.657. The fourth-order valence-corrected chi connectivity index (χ4v) is 2.13. The third-order valence-corrected chi connectivity index (χ3v) is 3.18. The molecule has 0 amide bonds. The molecule has 4 heteroatoms. The van der Waals surface area contributed by atoms with Crippen LogP contribution in [0.3, 0.4) is 0 Å². The molecule has 0 saturated heterocycles. The maximum atomic E-state index is 10.3. The molecule has 0 aliphatic carbocycles. The van der Waals surface area contributed by atoms with E-state index in [0.29, 0.717) is 17.8 Å². The Hall–Kier alpha value is -2.51. The summed E-state index contributed by atoms with van der Waals surface area (Å²) >= 11 is 0. The first kappa shape index (κ1) is 13.9. The van der Waals surface area contributed by atoms with Crippen molar-refractivity contribution in [3.63, 3.8) is 0 Å². The lowest BCUT2D eigenvalue weighted by atomic mass is 10.1. The molecule has 0 aromatic heterocycles. The zero-order chi connectivity index (χ0) is 14.5. The summed E-state index contributed by atoms with van der Waals surface area (Å²) in [5.41, 5.74) is 8.51. The van der Waals surface area contributed by atoms with Crippen molar-refractivity contribution in [3.8, 4) is 6.07 Å². The van der Waals surface area contributed by atoms with Crippen molar-refractivity contribution in [1.82, 2.24) is 0 Å². The molecule has 102 valence electrons. The SMILES string of the molecule is CN(CC(O)c1cccc(N)c1)c1ccccc1C#N. The highest BCUT2D eigenvalue weighted by atomic mass is 16.3. The standard InChI is InChI=1S/C16H17N3O/c1-19(15-8-3-2-5-13(15)10-17)11-16(20)12-6-4-7-14(18)9-12/h2-9,16,20H,11,18H2,1H3. The van der Waals surface area contributed by atoms with E-state index in [1.165, 1.54) is 0 Å². The van der Waals surface area contributed by atoms with E-state index in [-0.39, 0.29) is 0 Å². The smallest absolute Gasteiger partial charge is 0.101 e. The summed E-state index contributed by atoms with van der Waals surface area (Å²) < 4.78 is 0. The Balaban J connectivity index is 2.15. The van der Waals surface area contributed by atoms with E-state index in [2.05, 4.69) is 6.07 Å². The second-order valence-electron chi connectivity index (χ2n) is 4.70. The molecule has 0 spiro atoms. The Kier molecular flexibility index (Phi) is 4.24. The molecule has 1 atom stereocenters. The van der Waals surface area contributed by atoms with Gasteiger partial charge in [-0.1, -0.05) is 24.3 Å². The lowest BCUT2D eigenvalue weighted by Gasteiger charge is -2.24. The van der Waals surface area contributed by atoms with Gasteiger partial charge in [0.25, 0.3) is 0 Å². The van der Waals surface area contributed by atoms with Gasteiger partial charge in [0.1, 0.15) is 6.07 Å². The molecule has 2 aromatic carbocycles. The number of aliphatic hydroxyl groups is 1. The number of anilines is 2. The Morgan fingerprint density at radius 1 is 1.25 bits per heavy atom. The molecule has 0 saturated carbocycles. The van der Waals surface area contributed by atoms with Gasteiger partial charge in [0.15, 0.2) is 0 Å². The van der Waals surface area contributed by atoms with Crippen LogP contribution >= 0.6 is 0 Å². The lowest BCUT2D eigenvalue weighted by Crippen LogP contribution is -2.24. The quantitative estimate of drug-likeness (QED) is 0.834. The van der Waals surface area contributed by atoms with Crippen molar-refractivity contribution in [1.29, 1.82) is 5.26 Å². The van der Waals surface area contributed by atoms with Crippen molar-refractivity contribution in [3.05, 3.63) is 59.7 Å². The van der Waals surface area contributed by atoms with Gasteiger partial charge in [0.05, 0.1) is 17.4 Å². The van der Waals surface area contributed by atoms with Gasteiger partial charge < -0.3 is 15.7 Å². The average molecular weight is 267 g/mol. The Labute approximate surface area is 118 Å². The molecule has 0 heterocycles. The number of rotatable bonds is 4. The van der Waals surface area contributed by atoms with Crippen LogP contribution in [0.1, 0.15) is 17.2 Å². The number of hydrogen-bond acceptors (Lipinski definition) is 4. The second kappa shape index (κ2) is 6.09. The van der Waals surface area contributed by atoms with Crippen LogP contribution in [0.15, 0.2) is 48.5 Å². The fraction of sp³-hybridized carbons (Fsp3) is 0.188. The fourth-order valence-electron chi connectivity index (χ4n) is 2.13. The molecule has 2 aromatic rings. The number of nitriles is 1. The molecule has 20 heavy (non-hydrogen) atoms. The largest absolute Gasteiger partial charge is 0.399 e. The zero-order valence-electron chi connectivity index (χ0n) is 11.3. The summed E-state index contributed by atoms with van der Waals surface area (Å²) in [6.45, 7) is 0.391. The van der Waals surface area contributed by atoms with Crippen LogP contribution in [0.4, 0.5) is 11.4 Å². The van der Waals surface area contributed by atoms with E-state index in [4.69, 9.17) is 11.0 Å². The van der Waals surface area contributed by atoms with E-state index in [0.717, 1.165) is 11.3 Å². The van der Waals surface area contributed by atoms with Crippen LogP contribution in [-0.2, 0) is 0 Å². The predicted octanol–water partition coefficient (Wildman–Crippen LogP) is 2.31. The molecule has 3 N–H and O–H groups in total. The Morgan fingerprint density at radius 2 is 2.00 bits per heavy atom. The molecular weight excluding hydrogens is 250 g/mol. The first-order chi connectivity index (χ1) is 9.61. The van der Waals surface area contributed by atoms with Gasteiger partial charge >= 0.3 is 0 Å². The minimum Gasteiger partial charge on any atom is -0.399 e. The molecule has 0 aliphatic rings. The maximum absolute atomic E-state index is 10.3. The van der Waals surface area contributed by atoms with E-state index >= 15 is 0 Å². The van der Waals surface area contributed by atoms with E-state index in [9.17, 15) is 5.11 Å². The first-order valence-corrected chi connectivity index (χ1v) is 6.35. The number of benzene rings is 2. The average Bonchev–Trinajstić information content (AvgIpc) is 2.47. The minimum absolute atomic E-state index is 0.391. The molecular formula is C16H17N3O. The predicted molar refractivity (Wildman–Crippen MR) is 80.2 cm³/mol. The third-order valence-electron chi connectivity index (χ3n) is 3.18. The summed E-state index contributed by atoms with van der Waals surface area (Å²) in [5, 5.41) is 19.4. The van der Waals surface area contributed by atoms with Crippen molar-refractivity contribution in [2.75, 3.05) is 24.2 Å². The van der Waals surface area contributed by atoms with Gasteiger partial charge in [0, 0.05) is 19.3 Å². The summed E-state index contributed by atoms with van der Waals surface area (Å²) in [5.74, 6) is 0. The van der Waals surface area contributed by atoms with Gasteiger partial charge in [-0.25, -0.2) is 0 Å². The van der Waals surface area contributed by atoms with Crippen LogP contribution in [0.5, 0.6) is 0 Å². The van der Waals surface area contributed by atoms with Crippen LogP contribution in [0.25, 0.3) is 0 Å². The molecule has 4 nitrogen and oxygen atoms in total. The molecule has 2 rings (SSSR count). The molecule has 1 unspecified atom stereocenters. The van der Waals surface area contributed by atoms with Gasteiger partial charge in [-0.2, -0.15) is 5.26 Å². The summed E-state index contributed by atoms with van der Waals surface area (Å²) in [7, 11) is 1.85. The van der Waals surface area contributed by atoms with Gasteiger partial charge in [0.2, 0.25) is 0 Å². The summed E-state index contributed by atoms with van der Waals surface area (Å²) in [4.78, 5) is 1.87. The van der Waals surface area contributed by atoms with Crippen molar-refractivity contribution < 1.29 is 5.11 Å². The molecule has 0 fully saturated rings. The lowest BCUT2D eigenvalue weighted by molar-refractivity contribution is 0.185. The Morgan fingerprint density at radius 3 is 2.70 bits per heavy atom. The highest BCUT2D eigenvalue weighted by Crippen LogP contribution is 2.22. The number of nitrogens with two attached hydrogens (primary N) is 1. The van der Waals surface area contributed by atoms with E-state index in [1.54, 1.807) is 18.2 Å². The molecule has 0 radical (unpaired) electrons. The first-order valence-electron chi connectivity index (χ1n) is 6.35. The van der Waals surface area contributed by atoms with Crippen molar-refractivity contribution in [2.45, 2.75) is 6.10 Å². The van der Waals surface area contributed by atoms with Crippen LogP contribution in [0.2, 0.25) is 0 Å². The maximum Gasteiger partial charge on any atom is 0.101 e. The van der Waals surface area contributed by atoms with Crippen molar-refractivity contribution in [2.24, 2.45) is 0 Å². The normalized spacial score (nSPS) is 11.7. The van der Waals surface area contributed by atoms with Crippen LogP contribution in [-0.4, -0.2) is 18.7 Å².